The first kappa shape index (κ1) is 26.5. The molecule has 2 aromatic rings. The molecule has 2 aromatic carbocycles. The normalized spacial score (nSPS) is 24.3. The zero-order valence-corrected chi connectivity index (χ0v) is 21.2. The van der Waals surface area contributed by atoms with Gasteiger partial charge < -0.3 is 9.64 Å². The van der Waals surface area contributed by atoms with Gasteiger partial charge >= 0.3 is 21.7 Å². The van der Waals surface area contributed by atoms with E-state index < -0.39 is 50.7 Å². The van der Waals surface area contributed by atoms with Crippen molar-refractivity contribution in [3.63, 3.8) is 0 Å². The molecule has 1 amide bonds. The highest BCUT2D eigenvalue weighted by molar-refractivity contribution is 7.87. The molecule has 0 N–H and O–H groups in total. The van der Waals surface area contributed by atoms with Gasteiger partial charge in [0, 0.05) is 24.4 Å². The molecule has 1 saturated heterocycles. The first-order chi connectivity index (χ1) is 16.7. The second kappa shape index (κ2) is 9.37. The van der Waals surface area contributed by atoms with E-state index in [1.807, 2.05) is 60.7 Å². The van der Waals surface area contributed by atoms with E-state index in [0.717, 1.165) is 11.1 Å². The lowest BCUT2D eigenvalue weighted by Gasteiger charge is -2.48. The van der Waals surface area contributed by atoms with Crippen molar-refractivity contribution in [3.8, 4) is 0 Å². The molecule has 0 radical (unpaired) electrons. The molecule has 10 heteroatoms. The van der Waals surface area contributed by atoms with Gasteiger partial charge in [-0.1, -0.05) is 60.7 Å². The number of carbonyl (C=O) groups excluding carboxylic acids is 1. The van der Waals surface area contributed by atoms with Crippen molar-refractivity contribution in [2.45, 2.75) is 56.2 Å². The maximum absolute atomic E-state index is 13.2. The fraction of sp³-hybridized carbons (Fsp3) is 0.500. The molecule has 6 nitrogen and oxygen atoms in total. The molecule has 1 saturated carbocycles. The van der Waals surface area contributed by atoms with Gasteiger partial charge in [-0.15, -0.1) is 0 Å². The summed E-state index contributed by atoms with van der Waals surface area (Å²) in [7, 11) is -5.80. The number of carbonyl (C=O) groups is 1. The molecule has 0 bridgehead atoms. The van der Waals surface area contributed by atoms with Gasteiger partial charge in [-0.05, 0) is 50.7 Å². The Morgan fingerprint density at radius 3 is 1.94 bits per heavy atom. The molecular formula is C26H30F3NO5S. The molecule has 1 aliphatic heterocycles. The fourth-order valence-corrected chi connectivity index (χ4v) is 6.34. The van der Waals surface area contributed by atoms with Gasteiger partial charge in [0.1, 0.15) is 5.60 Å². The van der Waals surface area contributed by atoms with Crippen molar-refractivity contribution in [2.24, 2.45) is 11.8 Å². The van der Waals surface area contributed by atoms with E-state index in [4.69, 9.17) is 8.92 Å². The Morgan fingerprint density at radius 1 is 0.944 bits per heavy atom. The smallest absolute Gasteiger partial charge is 0.444 e. The Labute approximate surface area is 209 Å². The maximum Gasteiger partial charge on any atom is 0.523 e. The average molecular weight is 526 g/mol. The highest BCUT2D eigenvalue weighted by Gasteiger charge is 2.58. The highest BCUT2D eigenvalue weighted by Crippen LogP contribution is 2.54. The van der Waals surface area contributed by atoms with E-state index in [-0.39, 0.29) is 19.5 Å². The Morgan fingerprint density at radius 2 is 1.47 bits per heavy atom. The van der Waals surface area contributed by atoms with Crippen LogP contribution in [0.1, 0.15) is 44.7 Å². The number of alkyl halides is 3. The third kappa shape index (κ3) is 4.98. The lowest BCUT2D eigenvalue weighted by Crippen LogP contribution is -2.50. The summed E-state index contributed by atoms with van der Waals surface area (Å²) in [4.78, 5) is 14.5. The quantitative estimate of drug-likeness (QED) is 0.390. The molecule has 0 spiro atoms. The summed E-state index contributed by atoms with van der Waals surface area (Å²) >= 11 is 0. The first-order valence-electron chi connectivity index (χ1n) is 11.8. The Hall–Kier alpha value is -2.59. The number of benzene rings is 2. The molecular weight excluding hydrogens is 495 g/mol. The molecule has 196 valence electrons. The van der Waals surface area contributed by atoms with Gasteiger partial charge in [0.2, 0.25) is 0 Å². The van der Waals surface area contributed by atoms with Crippen molar-refractivity contribution in [1.82, 2.24) is 4.90 Å². The van der Waals surface area contributed by atoms with E-state index in [9.17, 15) is 26.4 Å². The molecule has 2 fully saturated rings. The highest BCUT2D eigenvalue weighted by atomic mass is 32.2. The summed E-state index contributed by atoms with van der Waals surface area (Å²) in [6.07, 6.45) is -1.40. The standard InChI is InChI=1S/C26H30F3NO5S/c1-24(2,3)34-23(31)30-16-20-21(17-30)25(18-10-6-4-7-11-18,19-12-8-5-9-13-19)15-14-22(20)35-36(32,33)26(27,28)29/h4-13,20-22H,14-17H2,1-3H3/t20-,21+,22-/m0/s1. The van der Waals surface area contributed by atoms with Gasteiger partial charge in [-0.25, -0.2) is 4.79 Å². The summed E-state index contributed by atoms with van der Waals surface area (Å²) < 4.78 is 73.9. The minimum absolute atomic E-state index is 0.0268. The van der Waals surface area contributed by atoms with Crippen LogP contribution in [0.4, 0.5) is 18.0 Å². The number of likely N-dealkylation sites (tertiary alicyclic amines) is 1. The van der Waals surface area contributed by atoms with Crippen LogP contribution in [0.5, 0.6) is 0 Å². The average Bonchev–Trinajstić information content (AvgIpc) is 3.25. The van der Waals surface area contributed by atoms with Crippen molar-refractivity contribution in [3.05, 3.63) is 71.8 Å². The second-order valence-electron chi connectivity index (χ2n) is 10.4. The minimum Gasteiger partial charge on any atom is -0.444 e. The molecule has 4 rings (SSSR count). The van der Waals surface area contributed by atoms with Crippen molar-refractivity contribution >= 4 is 16.2 Å². The molecule has 3 atom stereocenters. The third-order valence-corrected chi connectivity index (χ3v) is 8.13. The second-order valence-corrected chi connectivity index (χ2v) is 12.0. The molecule has 0 unspecified atom stereocenters. The summed E-state index contributed by atoms with van der Waals surface area (Å²) in [6, 6.07) is 19.2. The lowest BCUT2D eigenvalue weighted by atomic mass is 9.56. The molecule has 36 heavy (non-hydrogen) atoms. The van der Waals surface area contributed by atoms with Gasteiger partial charge in [0.05, 0.1) is 6.10 Å². The van der Waals surface area contributed by atoms with Crippen molar-refractivity contribution in [1.29, 1.82) is 0 Å². The zero-order valence-electron chi connectivity index (χ0n) is 20.4. The summed E-state index contributed by atoms with van der Waals surface area (Å²) in [5.41, 5.74) is -5.05. The first-order valence-corrected chi connectivity index (χ1v) is 13.2. The van der Waals surface area contributed by atoms with Crippen LogP contribution in [0.25, 0.3) is 0 Å². The van der Waals surface area contributed by atoms with Gasteiger partial charge in [-0.2, -0.15) is 21.6 Å². The van der Waals surface area contributed by atoms with Crippen LogP contribution in [0.2, 0.25) is 0 Å². The SMILES string of the molecule is CC(C)(C)OC(=O)N1C[C@@H]2[C@@H](OS(=O)(=O)C(F)(F)F)CCC(c3ccccc3)(c3ccccc3)[C@@H]2C1. The Kier molecular flexibility index (Phi) is 6.89. The van der Waals surface area contributed by atoms with Gasteiger partial charge in [-0.3, -0.25) is 4.18 Å². The molecule has 0 aromatic heterocycles. The van der Waals surface area contributed by atoms with Crippen LogP contribution in [-0.2, 0) is 24.5 Å². The van der Waals surface area contributed by atoms with Gasteiger partial charge in [0.15, 0.2) is 0 Å². The van der Waals surface area contributed by atoms with Crippen LogP contribution >= 0.6 is 0 Å². The van der Waals surface area contributed by atoms with Gasteiger partial charge in [0.25, 0.3) is 0 Å². The van der Waals surface area contributed by atoms with E-state index >= 15 is 0 Å². The molecule has 1 heterocycles. The van der Waals surface area contributed by atoms with Crippen LogP contribution < -0.4 is 0 Å². The Bertz CT molecular complexity index is 1140. The monoisotopic (exact) mass is 525 g/mol. The number of halogens is 3. The summed E-state index contributed by atoms with van der Waals surface area (Å²) in [5.74, 6) is -1.07. The zero-order chi connectivity index (χ0) is 26.4. The van der Waals surface area contributed by atoms with E-state index in [0.29, 0.717) is 6.42 Å². The largest absolute Gasteiger partial charge is 0.523 e. The van der Waals surface area contributed by atoms with Crippen LogP contribution in [0.3, 0.4) is 0 Å². The maximum atomic E-state index is 13.2. The number of fused-ring (bicyclic) bond motifs is 1. The van der Waals surface area contributed by atoms with E-state index in [1.165, 1.54) is 4.90 Å². The number of ether oxygens (including phenoxy) is 1. The number of amides is 1. The summed E-state index contributed by atoms with van der Waals surface area (Å²) in [6.45, 7) is 5.41. The van der Waals surface area contributed by atoms with Crippen LogP contribution in [-0.4, -0.2) is 49.7 Å². The van der Waals surface area contributed by atoms with E-state index in [1.54, 1.807) is 20.8 Å². The third-order valence-electron chi connectivity index (χ3n) is 7.06. The predicted molar refractivity (Wildman–Crippen MR) is 128 cm³/mol. The number of nitrogens with zero attached hydrogens (tertiary/aromatic N) is 1. The molecule has 1 aliphatic carbocycles. The topological polar surface area (TPSA) is 72.9 Å². The van der Waals surface area contributed by atoms with Crippen LogP contribution in [0.15, 0.2) is 60.7 Å². The molecule has 2 aliphatic rings. The van der Waals surface area contributed by atoms with Crippen LogP contribution in [0, 0.1) is 11.8 Å². The Balaban J connectivity index is 1.80. The fourth-order valence-electron chi connectivity index (χ4n) is 5.66. The number of rotatable bonds is 4. The predicted octanol–water partition coefficient (Wildman–Crippen LogP) is 5.48. The lowest BCUT2D eigenvalue weighted by molar-refractivity contribution is -0.0638. The van der Waals surface area contributed by atoms with Crippen molar-refractivity contribution in [2.75, 3.05) is 13.1 Å². The number of hydrogen-bond acceptors (Lipinski definition) is 5. The number of hydrogen-bond donors (Lipinski definition) is 0. The van der Waals surface area contributed by atoms with E-state index in [2.05, 4.69) is 0 Å². The summed E-state index contributed by atoms with van der Waals surface area (Å²) in [5, 5.41) is 0. The minimum atomic E-state index is -5.80. The van der Waals surface area contributed by atoms with Crippen molar-refractivity contribution < 1.29 is 35.3 Å².